The highest BCUT2D eigenvalue weighted by atomic mass is 19.1. The van der Waals surface area contributed by atoms with Gasteiger partial charge < -0.3 is 0 Å². The summed E-state index contributed by atoms with van der Waals surface area (Å²) in [5, 5.41) is 0. The van der Waals surface area contributed by atoms with Crippen molar-refractivity contribution in [3.63, 3.8) is 0 Å². The van der Waals surface area contributed by atoms with Gasteiger partial charge in [0.2, 0.25) is 0 Å². The Kier molecular flexibility index (Phi) is 4.51. The molecule has 0 N–H and O–H groups in total. The average Bonchev–Trinajstić information content (AvgIpc) is 1.66. The normalized spacial score (nSPS) is 14.9. The Balaban J connectivity index is 3.03. The maximum atomic E-state index is 11.9. The standard InChI is InChI=1S/C6H12FN/c1-3-4-8-5-6(2)7/h4,6H,3,5H2,1-2H3. The van der Waals surface area contributed by atoms with E-state index in [1.165, 1.54) is 6.92 Å². The zero-order chi connectivity index (χ0) is 6.41. The van der Waals surface area contributed by atoms with E-state index in [2.05, 4.69) is 4.99 Å². The molecule has 0 aliphatic heterocycles. The molecule has 0 aliphatic carbocycles. The van der Waals surface area contributed by atoms with Crippen molar-refractivity contribution in [1.29, 1.82) is 0 Å². The van der Waals surface area contributed by atoms with Crippen LogP contribution in [0.4, 0.5) is 4.39 Å². The Labute approximate surface area is 49.6 Å². The fourth-order valence-electron chi connectivity index (χ4n) is 0.349. The molecule has 1 unspecified atom stereocenters. The van der Waals surface area contributed by atoms with Crippen LogP contribution in [0.25, 0.3) is 0 Å². The predicted octanol–water partition coefficient (Wildman–Crippen LogP) is 1.83. The lowest BCUT2D eigenvalue weighted by molar-refractivity contribution is 0.371. The zero-order valence-electron chi connectivity index (χ0n) is 5.39. The molecule has 0 saturated carbocycles. The van der Waals surface area contributed by atoms with E-state index in [1.807, 2.05) is 6.92 Å². The van der Waals surface area contributed by atoms with Crippen LogP contribution in [0.1, 0.15) is 20.3 Å². The van der Waals surface area contributed by atoms with Crippen molar-refractivity contribution in [2.75, 3.05) is 6.54 Å². The van der Waals surface area contributed by atoms with Crippen molar-refractivity contribution < 1.29 is 4.39 Å². The number of aliphatic imine (C=N–C) groups is 1. The third-order valence-electron chi connectivity index (χ3n) is 0.669. The molecule has 0 aliphatic rings. The molecule has 2 heteroatoms. The minimum Gasteiger partial charge on any atom is -0.295 e. The van der Waals surface area contributed by atoms with Gasteiger partial charge >= 0.3 is 0 Å². The van der Waals surface area contributed by atoms with E-state index in [9.17, 15) is 4.39 Å². The molecule has 0 spiro atoms. The molecule has 0 aromatic rings. The smallest absolute Gasteiger partial charge is 0.117 e. The predicted molar refractivity (Wildman–Crippen MR) is 34.2 cm³/mol. The summed E-state index contributed by atoms with van der Waals surface area (Å²) in [6.07, 6.45) is 1.83. The Hall–Kier alpha value is -0.400. The summed E-state index contributed by atoms with van der Waals surface area (Å²) < 4.78 is 11.9. The molecule has 0 amide bonds. The number of hydrogen-bond donors (Lipinski definition) is 0. The van der Waals surface area contributed by atoms with Crippen molar-refractivity contribution in [1.82, 2.24) is 0 Å². The molecule has 0 bridgehead atoms. The van der Waals surface area contributed by atoms with Gasteiger partial charge in [0.15, 0.2) is 0 Å². The minimum absolute atomic E-state index is 0.313. The van der Waals surface area contributed by atoms with Gasteiger partial charge in [-0.05, 0) is 19.6 Å². The van der Waals surface area contributed by atoms with E-state index >= 15 is 0 Å². The maximum Gasteiger partial charge on any atom is 0.117 e. The van der Waals surface area contributed by atoms with Crippen molar-refractivity contribution in [2.45, 2.75) is 26.4 Å². The van der Waals surface area contributed by atoms with Crippen molar-refractivity contribution >= 4 is 6.21 Å². The van der Waals surface area contributed by atoms with Gasteiger partial charge in [-0.2, -0.15) is 0 Å². The molecule has 1 nitrogen and oxygen atoms in total. The van der Waals surface area contributed by atoms with Gasteiger partial charge in [0.1, 0.15) is 6.17 Å². The average molecular weight is 117 g/mol. The van der Waals surface area contributed by atoms with Crippen LogP contribution in [0.3, 0.4) is 0 Å². The monoisotopic (exact) mass is 117 g/mol. The molecule has 1 atom stereocenters. The minimum atomic E-state index is -0.794. The number of nitrogens with zero attached hydrogens (tertiary/aromatic N) is 1. The van der Waals surface area contributed by atoms with Crippen LogP contribution in [-0.4, -0.2) is 18.9 Å². The summed E-state index contributed by atoms with van der Waals surface area (Å²) in [7, 11) is 0. The SMILES string of the molecule is CCC=NCC(C)F. The summed E-state index contributed by atoms with van der Waals surface area (Å²) >= 11 is 0. The molecule has 0 saturated heterocycles. The van der Waals surface area contributed by atoms with Crippen LogP contribution in [0, 0.1) is 0 Å². The van der Waals surface area contributed by atoms with Crippen molar-refractivity contribution in [3.8, 4) is 0 Å². The molecule has 48 valence electrons. The number of halogens is 1. The van der Waals surface area contributed by atoms with Gasteiger partial charge in [0.05, 0.1) is 6.54 Å². The summed E-state index contributed by atoms with van der Waals surface area (Å²) in [6.45, 7) is 3.80. The van der Waals surface area contributed by atoms with Gasteiger partial charge in [-0.3, -0.25) is 4.99 Å². The topological polar surface area (TPSA) is 12.4 Å². The molecular weight excluding hydrogens is 105 g/mol. The fourth-order valence-corrected chi connectivity index (χ4v) is 0.349. The summed E-state index contributed by atoms with van der Waals surface area (Å²) in [5.74, 6) is 0. The molecular formula is C6H12FN. The highest BCUT2D eigenvalue weighted by molar-refractivity contribution is 5.56. The summed E-state index contributed by atoms with van der Waals surface area (Å²) in [5.41, 5.74) is 0. The van der Waals surface area contributed by atoms with Gasteiger partial charge in [-0.15, -0.1) is 0 Å². The molecule has 0 heterocycles. The molecule has 0 aromatic heterocycles. The van der Waals surface area contributed by atoms with Crippen molar-refractivity contribution in [2.24, 2.45) is 4.99 Å². The number of rotatable bonds is 3. The maximum absolute atomic E-state index is 11.9. The lowest BCUT2D eigenvalue weighted by Crippen LogP contribution is -1.96. The molecule has 0 aromatic carbocycles. The largest absolute Gasteiger partial charge is 0.295 e. The lowest BCUT2D eigenvalue weighted by atomic mass is 10.4. The zero-order valence-corrected chi connectivity index (χ0v) is 5.39. The Morgan fingerprint density at radius 2 is 2.38 bits per heavy atom. The van der Waals surface area contributed by atoms with E-state index in [-0.39, 0.29) is 0 Å². The molecule has 0 radical (unpaired) electrons. The lowest BCUT2D eigenvalue weighted by Gasteiger charge is -1.90. The quantitative estimate of drug-likeness (QED) is 0.500. The summed E-state index contributed by atoms with van der Waals surface area (Å²) in [6, 6.07) is 0. The van der Waals surface area contributed by atoms with Crippen LogP contribution < -0.4 is 0 Å². The number of hydrogen-bond acceptors (Lipinski definition) is 1. The second-order valence-electron chi connectivity index (χ2n) is 1.74. The van der Waals surface area contributed by atoms with Gasteiger partial charge in [-0.25, -0.2) is 4.39 Å². The van der Waals surface area contributed by atoms with Gasteiger partial charge in [-0.1, -0.05) is 6.92 Å². The highest BCUT2D eigenvalue weighted by Gasteiger charge is 1.90. The first kappa shape index (κ1) is 7.60. The first-order valence-corrected chi connectivity index (χ1v) is 2.89. The van der Waals surface area contributed by atoms with Crippen molar-refractivity contribution in [3.05, 3.63) is 0 Å². The molecule has 0 rings (SSSR count). The first-order chi connectivity index (χ1) is 3.77. The molecule has 8 heavy (non-hydrogen) atoms. The van der Waals surface area contributed by atoms with E-state index in [1.54, 1.807) is 6.21 Å². The Morgan fingerprint density at radius 3 is 2.75 bits per heavy atom. The Bertz CT molecular complexity index is 68.9. The van der Waals surface area contributed by atoms with E-state index in [4.69, 9.17) is 0 Å². The second-order valence-corrected chi connectivity index (χ2v) is 1.74. The second kappa shape index (κ2) is 4.75. The van der Waals surface area contributed by atoms with Crippen LogP contribution >= 0.6 is 0 Å². The van der Waals surface area contributed by atoms with E-state index in [0.717, 1.165) is 6.42 Å². The van der Waals surface area contributed by atoms with Gasteiger partial charge in [0, 0.05) is 0 Å². The third kappa shape index (κ3) is 5.60. The van der Waals surface area contributed by atoms with E-state index in [0.29, 0.717) is 6.54 Å². The van der Waals surface area contributed by atoms with Crippen LogP contribution in [0.5, 0.6) is 0 Å². The Morgan fingerprint density at radius 1 is 1.75 bits per heavy atom. The van der Waals surface area contributed by atoms with Crippen LogP contribution in [0.15, 0.2) is 4.99 Å². The van der Waals surface area contributed by atoms with E-state index < -0.39 is 6.17 Å². The molecule has 0 fully saturated rings. The third-order valence-corrected chi connectivity index (χ3v) is 0.669. The first-order valence-electron chi connectivity index (χ1n) is 2.89. The van der Waals surface area contributed by atoms with Crippen LogP contribution in [0.2, 0.25) is 0 Å². The van der Waals surface area contributed by atoms with Gasteiger partial charge in [0.25, 0.3) is 0 Å². The number of alkyl halides is 1. The highest BCUT2D eigenvalue weighted by Crippen LogP contribution is 1.86. The fraction of sp³-hybridized carbons (Fsp3) is 0.833. The van der Waals surface area contributed by atoms with Crippen LogP contribution in [-0.2, 0) is 0 Å². The summed E-state index contributed by atoms with van der Waals surface area (Å²) in [4.78, 5) is 3.79.